The molecular weight excluding hydrogens is 244 g/mol. The topological polar surface area (TPSA) is 28.7 Å². The van der Waals surface area contributed by atoms with Crippen LogP contribution in [0.25, 0.3) is 0 Å². The van der Waals surface area contributed by atoms with Crippen molar-refractivity contribution in [1.29, 1.82) is 0 Å². The predicted octanol–water partition coefficient (Wildman–Crippen LogP) is 5.69. The van der Waals surface area contributed by atoms with Gasteiger partial charge in [0.1, 0.15) is 5.82 Å². The molecule has 0 bridgehead atoms. The molecule has 0 fully saturated rings. The van der Waals surface area contributed by atoms with E-state index in [1.54, 1.807) is 0 Å². The van der Waals surface area contributed by atoms with Crippen LogP contribution in [0.2, 0.25) is 0 Å². The van der Waals surface area contributed by atoms with E-state index in [1.165, 1.54) is 30.7 Å². The van der Waals surface area contributed by atoms with Gasteiger partial charge in [0.2, 0.25) is 0 Å². The molecule has 2 heteroatoms. The Morgan fingerprint density at radius 2 is 1.70 bits per heavy atom. The third-order valence-corrected chi connectivity index (χ3v) is 4.34. The molecule has 1 N–H and O–H groups in total. The van der Waals surface area contributed by atoms with Crippen molar-refractivity contribution in [1.82, 2.24) is 9.97 Å². The molecule has 0 aliphatic heterocycles. The van der Waals surface area contributed by atoms with Crippen LogP contribution in [0.1, 0.15) is 104 Å². The molecule has 0 saturated carbocycles. The van der Waals surface area contributed by atoms with Crippen LogP contribution in [-0.2, 0) is 10.8 Å². The summed E-state index contributed by atoms with van der Waals surface area (Å²) >= 11 is 0. The summed E-state index contributed by atoms with van der Waals surface area (Å²) in [7, 11) is 0. The minimum absolute atomic E-state index is 0.0846. The molecule has 0 aromatic carbocycles. The summed E-state index contributed by atoms with van der Waals surface area (Å²) in [5.74, 6) is 1.68. The van der Waals surface area contributed by atoms with E-state index in [0.29, 0.717) is 5.92 Å². The van der Waals surface area contributed by atoms with Crippen LogP contribution in [0.5, 0.6) is 0 Å². The lowest BCUT2D eigenvalue weighted by Gasteiger charge is -2.25. The number of unbranched alkanes of at least 4 members (excludes halogenated alkanes) is 1. The van der Waals surface area contributed by atoms with Crippen molar-refractivity contribution in [3.05, 3.63) is 17.2 Å². The van der Waals surface area contributed by atoms with E-state index in [2.05, 4.69) is 60.4 Å². The van der Waals surface area contributed by atoms with Gasteiger partial charge in [-0.2, -0.15) is 0 Å². The number of nitrogens with one attached hydrogen (secondary N) is 1. The molecule has 0 aliphatic carbocycles. The van der Waals surface area contributed by atoms with E-state index in [9.17, 15) is 0 Å². The molecule has 1 aromatic rings. The summed E-state index contributed by atoms with van der Waals surface area (Å²) in [6, 6.07) is 0. The van der Waals surface area contributed by atoms with Crippen LogP contribution < -0.4 is 0 Å². The fourth-order valence-electron chi connectivity index (χ4n) is 2.56. The van der Waals surface area contributed by atoms with Crippen molar-refractivity contribution < 1.29 is 0 Å². The zero-order valence-electron chi connectivity index (χ0n) is 14.9. The lowest BCUT2D eigenvalue weighted by atomic mass is 9.81. The molecule has 0 saturated heterocycles. The maximum atomic E-state index is 5.02. The Kier molecular flexibility index (Phi) is 5.46. The predicted molar refractivity (Wildman–Crippen MR) is 88.5 cm³/mol. The number of nitrogens with zero attached hydrogens (tertiary/aromatic N) is 1. The zero-order chi connectivity index (χ0) is 15.6. The molecule has 1 aromatic heterocycles. The van der Waals surface area contributed by atoms with Gasteiger partial charge in [-0.25, -0.2) is 4.98 Å². The number of aromatic nitrogens is 2. The van der Waals surface area contributed by atoms with Crippen molar-refractivity contribution in [3.63, 3.8) is 0 Å². The number of imidazole rings is 1. The second-order valence-electron chi connectivity index (χ2n) is 7.89. The largest absolute Gasteiger partial charge is 0.345 e. The highest BCUT2D eigenvalue weighted by atomic mass is 15.0. The Balaban J connectivity index is 3.25. The first kappa shape index (κ1) is 17.3. The van der Waals surface area contributed by atoms with Crippen molar-refractivity contribution in [3.8, 4) is 0 Å². The average Bonchev–Trinajstić information content (AvgIpc) is 2.81. The summed E-state index contributed by atoms with van der Waals surface area (Å²) in [5.41, 5.74) is 2.90. The highest BCUT2D eigenvalue weighted by Crippen LogP contribution is 2.36. The van der Waals surface area contributed by atoms with Gasteiger partial charge in [-0.3, -0.25) is 0 Å². The quantitative estimate of drug-likeness (QED) is 0.711. The molecule has 0 radical (unpaired) electrons. The Bertz CT molecular complexity index is 421. The number of hydrogen-bond acceptors (Lipinski definition) is 1. The van der Waals surface area contributed by atoms with Crippen LogP contribution in [0, 0.1) is 0 Å². The van der Waals surface area contributed by atoms with Crippen LogP contribution in [0.3, 0.4) is 0 Å². The average molecular weight is 278 g/mol. The van der Waals surface area contributed by atoms with Gasteiger partial charge in [0.05, 0.1) is 5.69 Å². The number of hydrogen-bond donors (Lipinski definition) is 1. The van der Waals surface area contributed by atoms with Crippen molar-refractivity contribution in [2.24, 2.45) is 0 Å². The number of H-pyrrole nitrogens is 1. The monoisotopic (exact) mass is 278 g/mol. The van der Waals surface area contributed by atoms with E-state index in [0.717, 1.165) is 12.2 Å². The molecule has 1 heterocycles. The summed E-state index contributed by atoms with van der Waals surface area (Å²) in [6.45, 7) is 18.2. The van der Waals surface area contributed by atoms with Gasteiger partial charge >= 0.3 is 0 Å². The van der Waals surface area contributed by atoms with Crippen LogP contribution in [-0.4, -0.2) is 9.97 Å². The van der Waals surface area contributed by atoms with Crippen LogP contribution >= 0.6 is 0 Å². The molecule has 1 unspecified atom stereocenters. The first-order chi connectivity index (χ1) is 9.13. The molecule has 116 valence electrons. The maximum Gasteiger partial charge on any atom is 0.112 e. The van der Waals surface area contributed by atoms with Crippen molar-refractivity contribution in [2.75, 3.05) is 0 Å². The van der Waals surface area contributed by atoms with E-state index in [1.807, 2.05) is 0 Å². The molecule has 2 nitrogen and oxygen atoms in total. The summed E-state index contributed by atoms with van der Waals surface area (Å²) in [5, 5.41) is 0. The van der Waals surface area contributed by atoms with E-state index in [4.69, 9.17) is 4.98 Å². The van der Waals surface area contributed by atoms with Gasteiger partial charge in [-0.15, -0.1) is 0 Å². The molecule has 0 spiro atoms. The first-order valence-corrected chi connectivity index (χ1v) is 8.24. The Hall–Kier alpha value is -0.790. The molecule has 1 atom stereocenters. The summed E-state index contributed by atoms with van der Waals surface area (Å²) < 4.78 is 0. The molecule has 1 rings (SSSR count). The zero-order valence-corrected chi connectivity index (χ0v) is 14.9. The van der Waals surface area contributed by atoms with Crippen LogP contribution in [0.15, 0.2) is 0 Å². The van der Waals surface area contributed by atoms with E-state index in [-0.39, 0.29) is 10.8 Å². The lowest BCUT2D eigenvalue weighted by Crippen LogP contribution is -2.21. The van der Waals surface area contributed by atoms with Crippen molar-refractivity contribution >= 4 is 0 Å². The van der Waals surface area contributed by atoms with Gasteiger partial charge in [-0.1, -0.05) is 68.2 Å². The lowest BCUT2D eigenvalue weighted by molar-refractivity contribution is 0.437. The van der Waals surface area contributed by atoms with Gasteiger partial charge in [0.15, 0.2) is 0 Å². The highest BCUT2D eigenvalue weighted by molar-refractivity contribution is 5.28. The highest BCUT2D eigenvalue weighted by Gasteiger charge is 2.31. The van der Waals surface area contributed by atoms with E-state index >= 15 is 0 Å². The Morgan fingerprint density at radius 1 is 1.10 bits per heavy atom. The van der Waals surface area contributed by atoms with Crippen molar-refractivity contribution in [2.45, 2.75) is 97.8 Å². The standard InChI is InChI=1S/C18H34N2/c1-9-11-12-18(7,8)15-14(13(3)10-2)19-16(20-15)17(4,5)6/h13H,9-12H2,1-8H3,(H,19,20). The van der Waals surface area contributed by atoms with Gasteiger partial charge in [0.25, 0.3) is 0 Å². The minimum atomic E-state index is 0.0846. The maximum absolute atomic E-state index is 5.02. The first-order valence-electron chi connectivity index (χ1n) is 8.24. The SMILES string of the molecule is CCCCC(C)(C)c1nc(C(C)(C)C)[nH]c1C(C)CC. The smallest absolute Gasteiger partial charge is 0.112 e. The van der Waals surface area contributed by atoms with Gasteiger partial charge in [-0.05, 0) is 18.8 Å². The number of aromatic amines is 1. The van der Waals surface area contributed by atoms with Gasteiger partial charge in [0, 0.05) is 16.5 Å². The molecule has 20 heavy (non-hydrogen) atoms. The normalized spacial score (nSPS) is 14.6. The Morgan fingerprint density at radius 3 is 2.15 bits per heavy atom. The summed E-state index contributed by atoms with van der Waals surface area (Å²) in [6.07, 6.45) is 4.88. The molecule has 0 aliphatic rings. The minimum Gasteiger partial charge on any atom is -0.345 e. The third kappa shape index (κ3) is 3.86. The molecular formula is C18H34N2. The fraction of sp³-hybridized carbons (Fsp3) is 0.833. The summed E-state index contributed by atoms with van der Waals surface area (Å²) in [4.78, 5) is 8.66. The fourth-order valence-corrected chi connectivity index (χ4v) is 2.56. The van der Waals surface area contributed by atoms with Crippen LogP contribution in [0.4, 0.5) is 0 Å². The second kappa shape index (κ2) is 6.32. The second-order valence-corrected chi connectivity index (χ2v) is 7.89. The van der Waals surface area contributed by atoms with Gasteiger partial charge < -0.3 is 4.98 Å². The number of rotatable bonds is 6. The third-order valence-electron chi connectivity index (χ3n) is 4.34. The molecule has 0 amide bonds. The van der Waals surface area contributed by atoms with E-state index < -0.39 is 0 Å². The Labute approximate surface area is 125 Å².